The van der Waals surface area contributed by atoms with Crippen molar-refractivity contribution in [2.75, 3.05) is 6.61 Å². The highest BCUT2D eigenvalue weighted by molar-refractivity contribution is 5.74. The Kier molecular flexibility index (Phi) is 6.57. The lowest BCUT2D eigenvalue weighted by Gasteiger charge is -2.22. The maximum atomic E-state index is 11.5. The van der Waals surface area contributed by atoms with Gasteiger partial charge in [-0.3, -0.25) is 0 Å². The van der Waals surface area contributed by atoms with E-state index in [0.29, 0.717) is 6.61 Å². The maximum Gasteiger partial charge on any atom is 0.335 e. The van der Waals surface area contributed by atoms with Crippen molar-refractivity contribution in [1.29, 1.82) is 0 Å². The molecule has 3 heteroatoms. The van der Waals surface area contributed by atoms with Gasteiger partial charge in [0.2, 0.25) is 0 Å². The van der Waals surface area contributed by atoms with E-state index in [-0.39, 0.29) is 5.97 Å². The van der Waals surface area contributed by atoms with Crippen LogP contribution in [0.25, 0.3) is 0 Å². The number of ether oxygens (including phenoxy) is 2. The number of carbonyl (C=O) groups is 1. The fraction of sp³-hybridized carbons (Fsp3) is 0.917. The quantitative estimate of drug-likeness (QED) is 0.506. The van der Waals surface area contributed by atoms with E-state index >= 15 is 0 Å². The Morgan fingerprint density at radius 1 is 1.27 bits per heavy atom. The molecule has 0 fully saturated rings. The second-order valence-electron chi connectivity index (χ2n) is 4.75. The van der Waals surface area contributed by atoms with Crippen LogP contribution in [-0.2, 0) is 14.3 Å². The van der Waals surface area contributed by atoms with Gasteiger partial charge in [0.05, 0.1) is 0 Å². The third kappa shape index (κ3) is 8.43. The van der Waals surface area contributed by atoms with Crippen LogP contribution in [0.3, 0.4) is 0 Å². The molecule has 0 aliphatic heterocycles. The first kappa shape index (κ1) is 14.4. The van der Waals surface area contributed by atoms with E-state index in [1.54, 1.807) is 6.92 Å². The maximum absolute atomic E-state index is 11.5. The summed E-state index contributed by atoms with van der Waals surface area (Å²) in [6.07, 6.45) is 2.84. The number of esters is 1. The fourth-order valence-electron chi connectivity index (χ4n) is 1.06. The normalized spacial score (nSPS) is 13.7. The highest BCUT2D eigenvalue weighted by Crippen LogP contribution is 2.10. The molecule has 1 atom stereocenters. The molecule has 0 radical (unpaired) electrons. The Morgan fingerprint density at radius 2 is 1.87 bits per heavy atom. The Labute approximate surface area is 93.1 Å². The van der Waals surface area contributed by atoms with Crippen molar-refractivity contribution < 1.29 is 14.3 Å². The van der Waals surface area contributed by atoms with Gasteiger partial charge in [0, 0.05) is 6.61 Å². The van der Waals surface area contributed by atoms with E-state index in [0.717, 1.165) is 19.3 Å². The zero-order valence-electron chi connectivity index (χ0n) is 10.6. The van der Waals surface area contributed by atoms with Crippen LogP contribution in [0.15, 0.2) is 0 Å². The van der Waals surface area contributed by atoms with Crippen LogP contribution in [0.2, 0.25) is 0 Å². The van der Waals surface area contributed by atoms with Crippen LogP contribution in [0, 0.1) is 0 Å². The van der Waals surface area contributed by atoms with E-state index in [1.807, 2.05) is 20.8 Å². The molecule has 0 saturated carbocycles. The SMILES string of the molecule is CCCCCOC(C)C(=O)OC(C)(C)C. The molecule has 0 rings (SSSR count). The van der Waals surface area contributed by atoms with Crippen LogP contribution < -0.4 is 0 Å². The average molecular weight is 216 g/mol. The smallest absolute Gasteiger partial charge is 0.335 e. The summed E-state index contributed by atoms with van der Waals surface area (Å²) in [6, 6.07) is 0. The first-order chi connectivity index (χ1) is 6.87. The molecule has 0 spiro atoms. The van der Waals surface area contributed by atoms with Crippen molar-refractivity contribution in [3.63, 3.8) is 0 Å². The Balaban J connectivity index is 3.70. The van der Waals surface area contributed by atoms with Gasteiger partial charge in [-0.25, -0.2) is 4.79 Å². The van der Waals surface area contributed by atoms with Crippen molar-refractivity contribution in [2.24, 2.45) is 0 Å². The number of unbranched alkanes of at least 4 members (excludes halogenated alkanes) is 2. The predicted octanol–water partition coefficient (Wildman–Crippen LogP) is 2.92. The summed E-state index contributed by atoms with van der Waals surface area (Å²) in [7, 11) is 0. The molecular weight excluding hydrogens is 192 g/mol. The largest absolute Gasteiger partial charge is 0.458 e. The molecule has 0 aromatic rings. The van der Waals surface area contributed by atoms with Gasteiger partial charge in [-0.2, -0.15) is 0 Å². The van der Waals surface area contributed by atoms with Crippen molar-refractivity contribution in [3.05, 3.63) is 0 Å². The standard InChI is InChI=1S/C12H24O3/c1-6-7-8-9-14-10(2)11(13)15-12(3,4)5/h10H,6-9H2,1-5H3. The van der Waals surface area contributed by atoms with Crippen LogP contribution >= 0.6 is 0 Å². The number of hydrogen-bond acceptors (Lipinski definition) is 3. The summed E-state index contributed by atoms with van der Waals surface area (Å²) in [6.45, 7) is 10.1. The number of rotatable bonds is 6. The van der Waals surface area contributed by atoms with Crippen LogP contribution in [0.5, 0.6) is 0 Å². The minimum atomic E-state index is -0.457. The van der Waals surface area contributed by atoms with E-state index in [4.69, 9.17) is 9.47 Å². The van der Waals surface area contributed by atoms with Crippen LogP contribution in [-0.4, -0.2) is 24.3 Å². The van der Waals surface area contributed by atoms with E-state index in [1.165, 1.54) is 0 Å². The first-order valence-electron chi connectivity index (χ1n) is 5.71. The van der Waals surface area contributed by atoms with E-state index in [2.05, 4.69) is 6.92 Å². The van der Waals surface area contributed by atoms with Crippen LogP contribution in [0.4, 0.5) is 0 Å². The predicted molar refractivity (Wildman–Crippen MR) is 60.8 cm³/mol. The molecule has 3 nitrogen and oxygen atoms in total. The van der Waals surface area contributed by atoms with Gasteiger partial charge in [0.15, 0.2) is 6.10 Å². The van der Waals surface area contributed by atoms with Gasteiger partial charge in [0.25, 0.3) is 0 Å². The monoisotopic (exact) mass is 216 g/mol. The van der Waals surface area contributed by atoms with Gasteiger partial charge in [-0.05, 0) is 34.1 Å². The molecule has 0 aromatic carbocycles. The Bertz CT molecular complexity index is 182. The summed E-state index contributed by atoms with van der Waals surface area (Å²) in [5, 5.41) is 0. The lowest BCUT2D eigenvalue weighted by atomic mass is 10.2. The molecule has 90 valence electrons. The summed E-state index contributed by atoms with van der Waals surface area (Å²) in [5.74, 6) is -0.279. The van der Waals surface area contributed by atoms with Crippen molar-refractivity contribution >= 4 is 5.97 Å². The first-order valence-corrected chi connectivity index (χ1v) is 5.71. The van der Waals surface area contributed by atoms with E-state index in [9.17, 15) is 4.79 Å². The molecule has 1 unspecified atom stereocenters. The zero-order chi connectivity index (χ0) is 11.9. The lowest BCUT2D eigenvalue weighted by Crippen LogP contribution is -2.31. The van der Waals surface area contributed by atoms with Crippen molar-refractivity contribution in [1.82, 2.24) is 0 Å². The summed E-state index contributed by atoms with van der Waals surface area (Å²) < 4.78 is 10.6. The van der Waals surface area contributed by atoms with Gasteiger partial charge in [0.1, 0.15) is 5.60 Å². The lowest BCUT2D eigenvalue weighted by molar-refractivity contribution is -0.167. The highest BCUT2D eigenvalue weighted by atomic mass is 16.6. The molecule has 0 saturated heterocycles. The number of hydrogen-bond donors (Lipinski definition) is 0. The molecule has 0 heterocycles. The molecule has 0 aliphatic rings. The van der Waals surface area contributed by atoms with Gasteiger partial charge < -0.3 is 9.47 Å². The third-order valence-corrected chi connectivity index (χ3v) is 1.85. The summed E-state index contributed by atoms with van der Waals surface area (Å²) >= 11 is 0. The summed E-state index contributed by atoms with van der Waals surface area (Å²) in [5.41, 5.74) is -0.432. The average Bonchev–Trinajstić information content (AvgIpc) is 2.09. The topological polar surface area (TPSA) is 35.5 Å². The number of carbonyl (C=O) groups excluding carboxylic acids is 1. The third-order valence-electron chi connectivity index (χ3n) is 1.85. The molecule has 0 aromatic heterocycles. The zero-order valence-corrected chi connectivity index (χ0v) is 10.6. The molecule has 0 bridgehead atoms. The molecular formula is C12H24O3. The molecule has 0 N–H and O–H groups in total. The van der Waals surface area contributed by atoms with Crippen molar-refractivity contribution in [3.8, 4) is 0 Å². The minimum Gasteiger partial charge on any atom is -0.458 e. The van der Waals surface area contributed by atoms with Gasteiger partial charge >= 0.3 is 5.97 Å². The van der Waals surface area contributed by atoms with E-state index < -0.39 is 11.7 Å². The van der Waals surface area contributed by atoms with Gasteiger partial charge in [-0.15, -0.1) is 0 Å². The minimum absolute atomic E-state index is 0.279. The molecule has 15 heavy (non-hydrogen) atoms. The highest BCUT2D eigenvalue weighted by Gasteiger charge is 2.21. The Hall–Kier alpha value is -0.570. The molecule has 0 aliphatic carbocycles. The summed E-state index contributed by atoms with van der Waals surface area (Å²) in [4.78, 5) is 11.5. The van der Waals surface area contributed by atoms with Crippen LogP contribution in [0.1, 0.15) is 53.9 Å². The second kappa shape index (κ2) is 6.83. The van der Waals surface area contributed by atoms with Crippen molar-refractivity contribution in [2.45, 2.75) is 65.6 Å². The molecule has 0 amide bonds. The second-order valence-corrected chi connectivity index (χ2v) is 4.75. The fourth-order valence-corrected chi connectivity index (χ4v) is 1.06. The Morgan fingerprint density at radius 3 is 2.33 bits per heavy atom. The van der Waals surface area contributed by atoms with Gasteiger partial charge in [-0.1, -0.05) is 19.8 Å².